The van der Waals surface area contributed by atoms with Crippen LogP contribution in [0.1, 0.15) is 13.3 Å². The maximum atomic E-state index is 11.1. The van der Waals surface area contributed by atoms with Crippen molar-refractivity contribution in [2.75, 3.05) is 20.3 Å². The third-order valence-corrected chi connectivity index (χ3v) is 1.56. The largest absolute Gasteiger partial charge is 0.479 e. The van der Waals surface area contributed by atoms with Crippen LogP contribution in [0.25, 0.3) is 0 Å². The molecular formula is C8H16N2O5. The lowest BCUT2D eigenvalue weighted by molar-refractivity contribution is -0.144. The van der Waals surface area contributed by atoms with E-state index >= 15 is 0 Å². The van der Waals surface area contributed by atoms with Gasteiger partial charge in [0.25, 0.3) is 0 Å². The monoisotopic (exact) mass is 220 g/mol. The summed E-state index contributed by atoms with van der Waals surface area (Å²) in [6, 6.07) is -0.705. The third-order valence-electron chi connectivity index (χ3n) is 1.56. The summed E-state index contributed by atoms with van der Waals surface area (Å²) in [7, 11) is 1.53. The zero-order chi connectivity index (χ0) is 11.7. The topological polar surface area (TPSA) is 96.9 Å². The number of carboxylic acid groups (broad SMARTS) is 1. The first-order valence-corrected chi connectivity index (χ1v) is 4.49. The molecule has 0 fully saturated rings. The molecule has 3 N–H and O–H groups in total. The van der Waals surface area contributed by atoms with E-state index in [1.165, 1.54) is 7.11 Å². The minimum atomic E-state index is -1.15. The average Bonchev–Trinajstić information content (AvgIpc) is 2.16. The number of hydrogen-bond acceptors (Lipinski definition) is 4. The van der Waals surface area contributed by atoms with Gasteiger partial charge in [-0.1, -0.05) is 6.92 Å². The van der Waals surface area contributed by atoms with Gasteiger partial charge in [0.2, 0.25) is 0 Å². The van der Waals surface area contributed by atoms with Crippen molar-refractivity contribution in [3.05, 3.63) is 0 Å². The molecular weight excluding hydrogens is 204 g/mol. The number of carbonyl (C=O) groups is 2. The molecule has 2 amide bonds. The van der Waals surface area contributed by atoms with Gasteiger partial charge in [0.15, 0.2) is 6.61 Å². The fourth-order valence-corrected chi connectivity index (χ4v) is 0.841. The van der Waals surface area contributed by atoms with Crippen LogP contribution in [-0.2, 0) is 14.4 Å². The van der Waals surface area contributed by atoms with Crippen LogP contribution in [0, 0.1) is 0 Å². The van der Waals surface area contributed by atoms with E-state index in [-0.39, 0.29) is 6.04 Å². The second-order valence-electron chi connectivity index (χ2n) is 2.82. The first-order valence-electron chi connectivity index (χ1n) is 4.49. The second kappa shape index (κ2) is 8.01. The van der Waals surface area contributed by atoms with Crippen LogP contribution >= 0.6 is 0 Å². The lowest BCUT2D eigenvalue weighted by atomic mass is 10.2. The van der Waals surface area contributed by atoms with Gasteiger partial charge in [-0.15, -0.1) is 0 Å². The van der Waals surface area contributed by atoms with Crippen molar-refractivity contribution < 1.29 is 24.3 Å². The number of amides is 2. The first kappa shape index (κ1) is 13.7. The van der Waals surface area contributed by atoms with E-state index in [0.29, 0.717) is 13.0 Å². The van der Waals surface area contributed by atoms with E-state index in [9.17, 15) is 9.59 Å². The minimum Gasteiger partial charge on any atom is -0.479 e. The maximum Gasteiger partial charge on any atom is 0.339 e. The lowest BCUT2D eigenvalue weighted by Gasteiger charge is -2.15. The van der Waals surface area contributed by atoms with Crippen molar-refractivity contribution in [1.29, 1.82) is 0 Å². The van der Waals surface area contributed by atoms with E-state index in [4.69, 9.17) is 9.84 Å². The van der Waals surface area contributed by atoms with E-state index in [2.05, 4.69) is 10.2 Å². The van der Waals surface area contributed by atoms with Crippen LogP contribution in [-0.4, -0.2) is 43.5 Å². The number of carboxylic acids is 1. The van der Waals surface area contributed by atoms with E-state index in [1.807, 2.05) is 12.4 Å². The maximum absolute atomic E-state index is 11.1. The molecule has 1 atom stereocenters. The van der Waals surface area contributed by atoms with Crippen LogP contribution in [0.15, 0.2) is 0 Å². The molecule has 0 radical (unpaired) electrons. The highest BCUT2D eigenvalue weighted by atomic mass is 16.7. The summed E-state index contributed by atoms with van der Waals surface area (Å²) in [5.74, 6) is -1.15. The second-order valence-corrected chi connectivity index (χ2v) is 2.82. The van der Waals surface area contributed by atoms with Crippen LogP contribution in [0.2, 0.25) is 0 Å². The van der Waals surface area contributed by atoms with Crippen molar-refractivity contribution in [3.8, 4) is 0 Å². The zero-order valence-electron chi connectivity index (χ0n) is 8.78. The number of nitrogens with one attached hydrogen (secondary N) is 2. The third kappa shape index (κ3) is 7.71. The molecule has 7 nitrogen and oxygen atoms in total. The van der Waals surface area contributed by atoms with Crippen LogP contribution in [0.3, 0.4) is 0 Å². The number of methoxy groups -OCH3 is 1. The standard InChI is InChI=1S/C8H16N2O5/c1-3-6(4-14-2)9-8(13)10-15-5-7(11)12/h6H,3-5H2,1-2H3,(H,11,12)(H2,9,10,13). The van der Waals surface area contributed by atoms with Gasteiger partial charge in [0, 0.05) is 7.11 Å². The molecule has 0 spiro atoms. The molecule has 0 heterocycles. The molecule has 0 aromatic rings. The summed E-state index contributed by atoms with van der Waals surface area (Å²) in [4.78, 5) is 25.5. The number of hydrogen-bond donors (Lipinski definition) is 3. The van der Waals surface area contributed by atoms with E-state index in [0.717, 1.165) is 0 Å². The zero-order valence-corrected chi connectivity index (χ0v) is 8.78. The predicted octanol–water partition coefficient (Wildman–Crippen LogP) is -0.273. The minimum absolute atomic E-state index is 0.122. The van der Waals surface area contributed by atoms with Gasteiger partial charge in [-0.05, 0) is 6.42 Å². The summed E-state index contributed by atoms with van der Waals surface area (Å²) in [5, 5.41) is 10.8. The molecule has 0 aliphatic heterocycles. The Morgan fingerprint density at radius 3 is 2.60 bits per heavy atom. The normalized spacial score (nSPS) is 11.9. The predicted molar refractivity (Wildman–Crippen MR) is 51.2 cm³/mol. The molecule has 0 aromatic carbocycles. The summed E-state index contributed by atoms with van der Waals surface area (Å²) >= 11 is 0. The SMILES string of the molecule is CCC(COC)NC(=O)NOCC(=O)O. The van der Waals surface area contributed by atoms with Gasteiger partial charge in [0.1, 0.15) is 0 Å². The summed E-state index contributed by atoms with van der Waals surface area (Å²) in [6.45, 7) is 1.71. The number of aliphatic carboxylic acids is 1. The van der Waals surface area contributed by atoms with Gasteiger partial charge >= 0.3 is 12.0 Å². The number of carbonyl (C=O) groups excluding carboxylic acids is 1. The van der Waals surface area contributed by atoms with Gasteiger partial charge < -0.3 is 15.2 Å². The van der Waals surface area contributed by atoms with Crippen molar-refractivity contribution >= 4 is 12.0 Å². The van der Waals surface area contributed by atoms with Crippen LogP contribution in [0.5, 0.6) is 0 Å². The summed E-state index contributed by atoms with van der Waals surface area (Å²) < 4.78 is 4.86. The molecule has 15 heavy (non-hydrogen) atoms. The molecule has 0 aromatic heterocycles. The number of hydroxylamine groups is 1. The smallest absolute Gasteiger partial charge is 0.339 e. The van der Waals surface area contributed by atoms with E-state index in [1.54, 1.807) is 0 Å². The van der Waals surface area contributed by atoms with Crippen LogP contribution in [0.4, 0.5) is 4.79 Å². The Labute approximate surface area is 87.7 Å². The number of rotatable bonds is 7. The van der Waals surface area contributed by atoms with Gasteiger partial charge in [-0.3, -0.25) is 4.84 Å². The lowest BCUT2D eigenvalue weighted by Crippen LogP contribution is -2.44. The van der Waals surface area contributed by atoms with Crippen LogP contribution < -0.4 is 10.8 Å². The Bertz CT molecular complexity index is 209. The molecule has 1 unspecified atom stereocenters. The molecule has 0 rings (SSSR count). The Balaban J connectivity index is 3.66. The molecule has 88 valence electrons. The Kier molecular flexibility index (Phi) is 7.29. The average molecular weight is 220 g/mol. The molecule has 0 saturated carbocycles. The highest BCUT2D eigenvalue weighted by molar-refractivity contribution is 5.73. The Morgan fingerprint density at radius 1 is 1.47 bits per heavy atom. The number of ether oxygens (including phenoxy) is 1. The van der Waals surface area contributed by atoms with E-state index < -0.39 is 18.6 Å². The number of urea groups is 1. The van der Waals surface area contributed by atoms with Gasteiger partial charge in [-0.25, -0.2) is 15.1 Å². The molecule has 7 heteroatoms. The highest BCUT2D eigenvalue weighted by Gasteiger charge is 2.09. The first-order chi connectivity index (χ1) is 7.10. The fraction of sp³-hybridized carbons (Fsp3) is 0.750. The van der Waals surface area contributed by atoms with Crippen molar-refractivity contribution in [2.24, 2.45) is 0 Å². The Morgan fingerprint density at radius 2 is 2.13 bits per heavy atom. The van der Waals surface area contributed by atoms with Crippen molar-refractivity contribution in [1.82, 2.24) is 10.8 Å². The summed E-state index contributed by atoms with van der Waals surface area (Å²) in [5.41, 5.74) is 1.95. The van der Waals surface area contributed by atoms with Crippen molar-refractivity contribution in [2.45, 2.75) is 19.4 Å². The molecule has 0 aliphatic rings. The fourth-order valence-electron chi connectivity index (χ4n) is 0.841. The molecule has 0 aliphatic carbocycles. The molecule has 0 bridgehead atoms. The quantitative estimate of drug-likeness (QED) is 0.513. The Hall–Kier alpha value is -1.34. The van der Waals surface area contributed by atoms with Crippen molar-refractivity contribution in [3.63, 3.8) is 0 Å². The molecule has 0 saturated heterocycles. The van der Waals surface area contributed by atoms with Gasteiger partial charge in [-0.2, -0.15) is 0 Å². The van der Waals surface area contributed by atoms with Gasteiger partial charge in [0.05, 0.1) is 12.6 Å². The summed E-state index contributed by atoms with van der Waals surface area (Å²) in [6.07, 6.45) is 0.709. The highest BCUT2D eigenvalue weighted by Crippen LogP contribution is 1.90.